The van der Waals surface area contributed by atoms with Gasteiger partial charge >= 0.3 is 0 Å². The summed E-state index contributed by atoms with van der Waals surface area (Å²) in [6.07, 6.45) is 3.68. The third-order valence-corrected chi connectivity index (χ3v) is 3.67. The van der Waals surface area contributed by atoms with Crippen molar-refractivity contribution in [2.45, 2.75) is 65.5 Å². The highest BCUT2D eigenvalue weighted by atomic mass is 32.1. The second kappa shape index (κ2) is 5.71. The van der Waals surface area contributed by atoms with Crippen LogP contribution in [0, 0.1) is 0 Å². The van der Waals surface area contributed by atoms with Crippen LogP contribution < -0.4 is 5.32 Å². The molecular weight excluding hydrogens is 284 g/mol. The van der Waals surface area contributed by atoms with Gasteiger partial charge in [0, 0.05) is 18.2 Å². The lowest BCUT2D eigenvalue weighted by molar-refractivity contribution is 0.347. The van der Waals surface area contributed by atoms with Gasteiger partial charge in [0.1, 0.15) is 5.01 Å². The van der Waals surface area contributed by atoms with Crippen molar-refractivity contribution in [3.8, 4) is 0 Å². The van der Waals surface area contributed by atoms with E-state index in [1.54, 1.807) is 11.3 Å². The second-order valence-electron chi connectivity index (χ2n) is 7.20. The number of nitrogens with one attached hydrogen (secondary N) is 1. The van der Waals surface area contributed by atoms with Gasteiger partial charge in [-0.3, -0.25) is 0 Å². The molecule has 2 aromatic heterocycles. The first-order chi connectivity index (χ1) is 9.63. The maximum absolute atomic E-state index is 4.22. The Hall–Kier alpha value is -1.50. The van der Waals surface area contributed by atoms with Crippen molar-refractivity contribution < 1.29 is 0 Å². The lowest BCUT2D eigenvalue weighted by atomic mass is 10.1. The summed E-state index contributed by atoms with van der Waals surface area (Å²) in [5.74, 6) is 0. The molecule has 2 aromatic rings. The predicted molar refractivity (Wildman–Crippen MR) is 85.7 cm³/mol. The molecule has 1 N–H and O–H groups in total. The van der Waals surface area contributed by atoms with Crippen LogP contribution in [0.3, 0.4) is 0 Å². The zero-order valence-electron chi connectivity index (χ0n) is 13.6. The van der Waals surface area contributed by atoms with Crippen molar-refractivity contribution >= 4 is 16.5 Å². The molecule has 0 aliphatic rings. The third-order valence-electron chi connectivity index (χ3n) is 2.77. The number of aryl methyl sites for hydroxylation is 2. The van der Waals surface area contributed by atoms with Gasteiger partial charge in [-0.15, -0.1) is 15.3 Å². The Morgan fingerprint density at radius 2 is 1.76 bits per heavy atom. The molecule has 0 saturated heterocycles. The van der Waals surface area contributed by atoms with Crippen LogP contribution in [0.25, 0.3) is 0 Å². The molecule has 7 heteroatoms. The van der Waals surface area contributed by atoms with Crippen LogP contribution in [-0.2, 0) is 18.4 Å². The Kier molecular flexibility index (Phi) is 4.32. The molecular formula is C14H24N6S. The minimum absolute atomic E-state index is 0.00616. The fourth-order valence-corrected chi connectivity index (χ4v) is 2.65. The van der Waals surface area contributed by atoms with Crippen LogP contribution in [0.2, 0.25) is 0 Å². The summed E-state index contributed by atoms with van der Waals surface area (Å²) in [6, 6.07) is 0. The van der Waals surface area contributed by atoms with E-state index in [1.165, 1.54) is 0 Å². The maximum Gasteiger partial charge on any atom is 0.206 e. The van der Waals surface area contributed by atoms with Crippen molar-refractivity contribution in [3.63, 3.8) is 0 Å². The minimum Gasteiger partial charge on any atom is -0.355 e. The molecule has 0 aromatic carbocycles. The number of rotatable bonds is 4. The number of hydrogen-bond donors (Lipinski definition) is 1. The molecule has 0 aliphatic carbocycles. The second-order valence-corrected chi connectivity index (χ2v) is 8.26. The van der Waals surface area contributed by atoms with E-state index >= 15 is 0 Å². The molecule has 0 amide bonds. The van der Waals surface area contributed by atoms with Crippen LogP contribution in [0.1, 0.15) is 52.2 Å². The van der Waals surface area contributed by atoms with Crippen LogP contribution in [0.5, 0.6) is 0 Å². The van der Waals surface area contributed by atoms with Crippen molar-refractivity contribution in [2.24, 2.45) is 0 Å². The van der Waals surface area contributed by atoms with Gasteiger partial charge in [-0.1, -0.05) is 16.6 Å². The first-order valence-electron chi connectivity index (χ1n) is 7.16. The Morgan fingerprint density at radius 1 is 1.05 bits per heavy atom. The summed E-state index contributed by atoms with van der Waals surface area (Å²) in [5.41, 5.74) is 0.967. The maximum atomic E-state index is 4.22. The van der Waals surface area contributed by atoms with Crippen LogP contribution in [0.15, 0.2) is 6.20 Å². The highest BCUT2D eigenvalue weighted by Crippen LogP contribution is 2.20. The van der Waals surface area contributed by atoms with Crippen molar-refractivity contribution in [3.05, 3.63) is 16.9 Å². The zero-order valence-corrected chi connectivity index (χ0v) is 14.5. The molecule has 0 saturated carbocycles. The predicted octanol–water partition coefficient (Wildman–Crippen LogP) is 2.88. The average molecular weight is 308 g/mol. The molecule has 6 nitrogen and oxygen atoms in total. The summed E-state index contributed by atoms with van der Waals surface area (Å²) in [5, 5.41) is 22.0. The summed E-state index contributed by atoms with van der Waals surface area (Å²) in [4.78, 5) is 0. The van der Waals surface area contributed by atoms with Gasteiger partial charge in [-0.25, -0.2) is 4.68 Å². The van der Waals surface area contributed by atoms with Gasteiger partial charge < -0.3 is 5.32 Å². The standard InChI is InChI=1S/C14H24N6S/c1-13(2,3)15-12-18-17-11(21-12)8-7-10-9-20(19-16-10)14(4,5)6/h9H,7-8H2,1-6H3,(H,15,18). The first-order valence-corrected chi connectivity index (χ1v) is 7.97. The summed E-state index contributed by atoms with van der Waals surface area (Å²) in [7, 11) is 0. The summed E-state index contributed by atoms with van der Waals surface area (Å²) in [6.45, 7) is 12.7. The molecule has 0 unspecified atom stereocenters. The Balaban J connectivity index is 1.93. The first kappa shape index (κ1) is 15.9. The molecule has 2 heterocycles. The van der Waals surface area contributed by atoms with Crippen LogP contribution in [-0.4, -0.2) is 30.7 Å². The number of nitrogens with zero attached hydrogens (tertiary/aromatic N) is 5. The third kappa shape index (κ3) is 4.77. The van der Waals surface area contributed by atoms with Crippen LogP contribution >= 0.6 is 11.3 Å². The lowest BCUT2D eigenvalue weighted by Gasteiger charge is -2.18. The number of hydrogen-bond acceptors (Lipinski definition) is 6. The van der Waals surface area contributed by atoms with Crippen LogP contribution in [0.4, 0.5) is 5.13 Å². The van der Waals surface area contributed by atoms with Gasteiger partial charge in [-0.05, 0) is 48.0 Å². The zero-order chi connectivity index (χ0) is 15.7. The molecule has 2 rings (SSSR count). The molecule has 0 fully saturated rings. The highest BCUT2D eigenvalue weighted by molar-refractivity contribution is 7.15. The van der Waals surface area contributed by atoms with Crippen molar-refractivity contribution in [2.75, 3.05) is 5.32 Å². The smallest absolute Gasteiger partial charge is 0.206 e. The van der Waals surface area contributed by atoms with E-state index in [2.05, 4.69) is 67.4 Å². The summed E-state index contributed by atoms with van der Waals surface area (Å²) < 4.78 is 1.90. The van der Waals surface area contributed by atoms with Crippen molar-refractivity contribution in [1.29, 1.82) is 0 Å². The molecule has 0 spiro atoms. The van der Waals surface area contributed by atoms with E-state index in [9.17, 15) is 0 Å². The monoisotopic (exact) mass is 308 g/mol. The van der Waals surface area contributed by atoms with Gasteiger partial charge in [0.25, 0.3) is 0 Å². The normalized spacial score (nSPS) is 12.7. The van der Waals surface area contributed by atoms with Gasteiger partial charge in [0.2, 0.25) is 5.13 Å². The Morgan fingerprint density at radius 3 is 2.33 bits per heavy atom. The van der Waals surface area contributed by atoms with Crippen molar-refractivity contribution in [1.82, 2.24) is 25.2 Å². The topological polar surface area (TPSA) is 68.5 Å². The quantitative estimate of drug-likeness (QED) is 0.940. The molecule has 0 atom stereocenters. The minimum atomic E-state index is -0.0300. The fraction of sp³-hybridized carbons (Fsp3) is 0.714. The average Bonchev–Trinajstić information content (AvgIpc) is 2.91. The fourth-order valence-electron chi connectivity index (χ4n) is 1.70. The van der Waals surface area contributed by atoms with E-state index in [0.717, 1.165) is 28.7 Å². The van der Waals surface area contributed by atoms with Gasteiger partial charge in [-0.2, -0.15) is 0 Å². The summed E-state index contributed by atoms with van der Waals surface area (Å²) >= 11 is 1.60. The lowest BCUT2D eigenvalue weighted by Crippen LogP contribution is -2.25. The molecule has 0 bridgehead atoms. The molecule has 116 valence electrons. The SMILES string of the molecule is CC(C)(C)Nc1nnc(CCc2cn(C(C)(C)C)nn2)s1. The van der Waals surface area contributed by atoms with Gasteiger partial charge in [0.05, 0.1) is 11.2 Å². The number of aromatic nitrogens is 5. The molecule has 21 heavy (non-hydrogen) atoms. The molecule has 0 aliphatic heterocycles. The number of anilines is 1. The van der Waals surface area contributed by atoms with E-state index in [4.69, 9.17) is 0 Å². The Bertz CT molecular complexity index is 587. The highest BCUT2D eigenvalue weighted by Gasteiger charge is 2.16. The van der Waals surface area contributed by atoms with E-state index in [-0.39, 0.29) is 11.1 Å². The van der Waals surface area contributed by atoms with E-state index < -0.39 is 0 Å². The van der Waals surface area contributed by atoms with Gasteiger partial charge in [0.15, 0.2) is 0 Å². The Labute approximate surface area is 130 Å². The van der Waals surface area contributed by atoms with E-state index in [0.29, 0.717) is 0 Å². The molecule has 0 radical (unpaired) electrons. The largest absolute Gasteiger partial charge is 0.355 e. The van der Waals surface area contributed by atoms with E-state index in [1.807, 2.05) is 10.9 Å².